The number of fused-ring (bicyclic) bond motifs is 1. The maximum absolute atomic E-state index is 11.5. The summed E-state index contributed by atoms with van der Waals surface area (Å²) in [4.78, 5) is 11.5. The fourth-order valence-corrected chi connectivity index (χ4v) is 2.75. The molecule has 1 aromatic heterocycles. The molecule has 1 atom stereocenters. The Kier molecular flexibility index (Phi) is 3.42. The first-order chi connectivity index (χ1) is 8.09. The van der Waals surface area contributed by atoms with Crippen LogP contribution in [-0.2, 0) is 4.79 Å². The quantitative estimate of drug-likeness (QED) is 0.493. The van der Waals surface area contributed by atoms with E-state index in [2.05, 4.69) is 0 Å². The first-order valence-electron chi connectivity index (χ1n) is 5.32. The van der Waals surface area contributed by atoms with Crippen molar-refractivity contribution in [3.63, 3.8) is 0 Å². The largest absolute Gasteiger partial charge is 0.323 e. The van der Waals surface area contributed by atoms with Crippen LogP contribution in [0.5, 0.6) is 0 Å². The number of nitrogens with zero attached hydrogens (tertiary/aromatic N) is 1. The number of carbonyl (C=O) groups excluding carboxylic acids is 1. The van der Waals surface area contributed by atoms with Crippen LogP contribution in [0.3, 0.4) is 0 Å². The molecule has 0 bridgehead atoms. The lowest BCUT2D eigenvalue weighted by Gasteiger charge is -2.14. The highest BCUT2D eigenvalue weighted by Crippen LogP contribution is 2.30. The van der Waals surface area contributed by atoms with E-state index in [9.17, 15) is 4.79 Å². The Hall–Kier alpha value is -1.43. The van der Waals surface area contributed by atoms with E-state index in [1.54, 1.807) is 11.3 Å². The van der Waals surface area contributed by atoms with Crippen LogP contribution in [0.4, 0.5) is 0 Å². The lowest BCUT2D eigenvalue weighted by molar-refractivity contribution is -0.130. The molecule has 4 N–H and O–H groups in total. The second-order valence-electron chi connectivity index (χ2n) is 4.00. The summed E-state index contributed by atoms with van der Waals surface area (Å²) >= 11 is 1.64. The number of carbonyl (C=O) groups is 1. The van der Waals surface area contributed by atoms with E-state index in [-0.39, 0.29) is 18.4 Å². The van der Waals surface area contributed by atoms with Gasteiger partial charge in [0.1, 0.15) is 0 Å². The minimum absolute atomic E-state index is 0.159. The standard InChI is InChI=1S/C12H15N3OS/c1-15(14)12(16)6-10(13)9-7-17-11-5-3-2-4-8(9)11/h2-5,7,10H,6,13-14H2,1H3. The molecule has 0 saturated heterocycles. The molecule has 1 amide bonds. The normalized spacial score (nSPS) is 12.6. The average Bonchev–Trinajstić information content (AvgIpc) is 2.72. The molecule has 2 aromatic rings. The number of thiophene rings is 1. The van der Waals surface area contributed by atoms with Gasteiger partial charge in [0, 0.05) is 24.2 Å². The van der Waals surface area contributed by atoms with Crippen molar-refractivity contribution in [1.82, 2.24) is 5.01 Å². The minimum atomic E-state index is -0.301. The van der Waals surface area contributed by atoms with E-state index in [0.717, 1.165) is 16.0 Å². The fourth-order valence-electron chi connectivity index (χ4n) is 1.73. The number of hydrogen-bond acceptors (Lipinski definition) is 4. The average molecular weight is 249 g/mol. The van der Waals surface area contributed by atoms with E-state index < -0.39 is 0 Å². The van der Waals surface area contributed by atoms with Crippen molar-refractivity contribution in [1.29, 1.82) is 0 Å². The monoisotopic (exact) mass is 249 g/mol. The van der Waals surface area contributed by atoms with Gasteiger partial charge in [-0.2, -0.15) is 0 Å². The zero-order valence-corrected chi connectivity index (χ0v) is 10.4. The predicted molar refractivity (Wildman–Crippen MR) is 70.3 cm³/mol. The zero-order valence-electron chi connectivity index (χ0n) is 9.59. The Morgan fingerprint density at radius 3 is 2.88 bits per heavy atom. The molecular formula is C12H15N3OS. The van der Waals surface area contributed by atoms with Crippen molar-refractivity contribution < 1.29 is 4.79 Å². The van der Waals surface area contributed by atoms with Crippen molar-refractivity contribution in [2.24, 2.45) is 11.6 Å². The zero-order chi connectivity index (χ0) is 12.4. The van der Waals surface area contributed by atoms with Gasteiger partial charge < -0.3 is 5.73 Å². The summed E-state index contributed by atoms with van der Waals surface area (Å²) in [7, 11) is 1.53. The van der Waals surface area contributed by atoms with E-state index in [0.29, 0.717) is 0 Å². The van der Waals surface area contributed by atoms with Crippen molar-refractivity contribution in [2.45, 2.75) is 12.5 Å². The van der Waals surface area contributed by atoms with Crippen LogP contribution in [0.1, 0.15) is 18.0 Å². The third kappa shape index (κ3) is 2.46. The second kappa shape index (κ2) is 4.83. The number of amides is 1. The first-order valence-corrected chi connectivity index (χ1v) is 6.20. The Labute approximate surface area is 104 Å². The van der Waals surface area contributed by atoms with Crippen LogP contribution >= 0.6 is 11.3 Å². The molecule has 0 fully saturated rings. The van der Waals surface area contributed by atoms with Crippen LogP contribution in [0.15, 0.2) is 29.6 Å². The lowest BCUT2D eigenvalue weighted by atomic mass is 10.0. The number of hydrogen-bond donors (Lipinski definition) is 2. The van der Waals surface area contributed by atoms with E-state index in [4.69, 9.17) is 11.6 Å². The van der Waals surface area contributed by atoms with Crippen molar-refractivity contribution in [2.75, 3.05) is 7.05 Å². The molecule has 0 radical (unpaired) electrons. The maximum Gasteiger partial charge on any atom is 0.238 e. The Morgan fingerprint density at radius 1 is 1.47 bits per heavy atom. The Bertz CT molecular complexity index is 535. The second-order valence-corrected chi connectivity index (χ2v) is 4.91. The first kappa shape index (κ1) is 12.0. The molecule has 17 heavy (non-hydrogen) atoms. The van der Waals surface area contributed by atoms with Gasteiger partial charge in [-0.1, -0.05) is 18.2 Å². The van der Waals surface area contributed by atoms with Gasteiger partial charge in [-0.3, -0.25) is 9.80 Å². The van der Waals surface area contributed by atoms with Crippen LogP contribution in [0.2, 0.25) is 0 Å². The molecule has 0 spiro atoms. The molecule has 90 valence electrons. The topological polar surface area (TPSA) is 72.3 Å². The summed E-state index contributed by atoms with van der Waals surface area (Å²) < 4.78 is 1.19. The van der Waals surface area contributed by atoms with E-state index in [1.807, 2.05) is 29.6 Å². The molecule has 1 aromatic carbocycles. The highest BCUT2D eigenvalue weighted by Gasteiger charge is 2.16. The Balaban J connectivity index is 2.25. The van der Waals surface area contributed by atoms with Crippen LogP contribution < -0.4 is 11.6 Å². The molecule has 2 rings (SSSR count). The van der Waals surface area contributed by atoms with Gasteiger partial charge in [0.25, 0.3) is 0 Å². The minimum Gasteiger partial charge on any atom is -0.323 e. The predicted octanol–water partition coefficient (Wildman–Crippen LogP) is 1.62. The molecule has 0 saturated carbocycles. The van der Waals surface area contributed by atoms with Crippen LogP contribution in [-0.4, -0.2) is 18.0 Å². The number of hydrazine groups is 1. The van der Waals surface area contributed by atoms with Gasteiger partial charge in [0.15, 0.2) is 0 Å². The van der Waals surface area contributed by atoms with Gasteiger partial charge in [-0.05, 0) is 22.4 Å². The van der Waals surface area contributed by atoms with Crippen LogP contribution in [0.25, 0.3) is 10.1 Å². The molecule has 4 nitrogen and oxygen atoms in total. The van der Waals surface area contributed by atoms with Crippen molar-refractivity contribution >= 4 is 27.3 Å². The summed E-state index contributed by atoms with van der Waals surface area (Å²) in [5.74, 6) is 5.22. The third-order valence-corrected chi connectivity index (χ3v) is 3.68. The Morgan fingerprint density at radius 2 is 2.18 bits per heavy atom. The van der Waals surface area contributed by atoms with Crippen LogP contribution in [0, 0.1) is 0 Å². The molecule has 0 aliphatic heterocycles. The highest BCUT2D eigenvalue weighted by atomic mass is 32.1. The van der Waals surface area contributed by atoms with E-state index in [1.165, 1.54) is 11.7 Å². The third-order valence-electron chi connectivity index (χ3n) is 2.70. The van der Waals surface area contributed by atoms with Gasteiger partial charge in [0.05, 0.1) is 0 Å². The number of rotatable bonds is 3. The molecular weight excluding hydrogens is 234 g/mol. The van der Waals surface area contributed by atoms with Crippen molar-refractivity contribution in [3.05, 3.63) is 35.2 Å². The number of nitrogens with two attached hydrogens (primary N) is 2. The molecule has 0 aliphatic carbocycles. The highest BCUT2D eigenvalue weighted by molar-refractivity contribution is 7.17. The smallest absolute Gasteiger partial charge is 0.238 e. The fraction of sp³-hybridized carbons (Fsp3) is 0.250. The van der Waals surface area contributed by atoms with Gasteiger partial charge >= 0.3 is 0 Å². The summed E-state index contributed by atoms with van der Waals surface area (Å²) in [6.45, 7) is 0. The van der Waals surface area contributed by atoms with Gasteiger partial charge in [-0.15, -0.1) is 11.3 Å². The SMILES string of the molecule is CN(N)C(=O)CC(N)c1csc2ccccc12. The van der Waals surface area contributed by atoms with Crippen molar-refractivity contribution in [3.8, 4) is 0 Å². The maximum atomic E-state index is 11.5. The molecule has 1 heterocycles. The summed E-state index contributed by atoms with van der Waals surface area (Å²) in [5.41, 5.74) is 7.06. The summed E-state index contributed by atoms with van der Waals surface area (Å²) in [5, 5.41) is 4.21. The molecule has 1 unspecified atom stereocenters. The number of benzene rings is 1. The van der Waals surface area contributed by atoms with Gasteiger partial charge in [0.2, 0.25) is 5.91 Å². The summed E-state index contributed by atoms with van der Waals surface area (Å²) in [6, 6.07) is 7.74. The molecule has 5 heteroatoms. The van der Waals surface area contributed by atoms with E-state index >= 15 is 0 Å². The molecule has 0 aliphatic rings. The van der Waals surface area contributed by atoms with Gasteiger partial charge in [-0.25, -0.2) is 5.84 Å². The summed E-state index contributed by atoms with van der Waals surface area (Å²) in [6.07, 6.45) is 0.230. The lowest BCUT2D eigenvalue weighted by Crippen LogP contribution is -2.35.